The number of ether oxygens (including phenoxy) is 1. The first-order valence-corrected chi connectivity index (χ1v) is 7.60. The molecule has 1 aliphatic carbocycles. The number of hydrogen-bond acceptors (Lipinski definition) is 3. The summed E-state index contributed by atoms with van der Waals surface area (Å²) in [4.78, 5) is 12.1. The van der Waals surface area contributed by atoms with Crippen molar-refractivity contribution >= 4 is 5.97 Å². The first-order valence-electron chi connectivity index (χ1n) is 7.60. The van der Waals surface area contributed by atoms with Gasteiger partial charge < -0.3 is 10.5 Å². The molecule has 3 nitrogen and oxygen atoms in total. The van der Waals surface area contributed by atoms with E-state index in [-0.39, 0.29) is 12.1 Å². The molecule has 0 aliphatic heterocycles. The summed E-state index contributed by atoms with van der Waals surface area (Å²) in [7, 11) is 0. The predicted molar refractivity (Wildman–Crippen MR) is 80.6 cm³/mol. The Morgan fingerprint density at radius 1 is 1.20 bits per heavy atom. The fourth-order valence-electron chi connectivity index (χ4n) is 2.80. The number of hydrogen-bond donors (Lipinski definition) is 1. The number of benzene rings is 1. The maximum Gasteiger partial charge on any atom is 0.338 e. The molecular formula is C17H25NO2. The van der Waals surface area contributed by atoms with Crippen molar-refractivity contribution in [2.75, 3.05) is 6.54 Å². The zero-order valence-corrected chi connectivity index (χ0v) is 12.5. The fourth-order valence-corrected chi connectivity index (χ4v) is 2.80. The summed E-state index contributed by atoms with van der Waals surface area (Å²) < 4.78 is 5.63. The second-order valence-electron chi connectivity index (χ2n) is 6.03. The Morgan fingerprint density at radius 2 is 1.90 bits per heavy atom. The second-order valence-corrected chi connectivity index (χ2v) is 6.03. The van der Waals surface area contributed by atoms with E-state index in [2.05, 4.69) is 13.8 Å². The summed E-state index contributed by atoms with van der Waals surface area (Å²) in [5.41, 5.74) is 7.31. The minimum Gasteiger partial charge on any atom is -0.459 e. The van der Waals surface area contributed by atoms with Gasteiger partial charge in [0.15, 0.2) is 0 Å². The summed E-state index contributed by atoms with van der Waals surface area (Å²) in [6.07, 6.45) is 4.04. The standard InChI is InChI=1S/C17H25NO2/c1-12-3-8-16(11-13(12)2)20-17(19)15-6-4-14(5-7-15)9-10-18/h4-7,12-13,16H,3,8-11,18H2,1-2H3. The van der Waals surface area contributed by atoms with Crippen LogP contribution < -0.4 is 5.73 Å². The van der Waals surface area contributed by atoms with Gasteiger partial charge >= 0.3 is 5.97 Å². The third-order valence-electron chi connectivity index (χ3n) is 4.45. The Morgan fingerprint density at radius 3 is 2.50 bits per heavy atom. The highest BCUT2D eigenvalue weighted by Gasteiger charge is 2.27. The van der Waals surface area contributed by atoms with Gasteiger partial charge in [0.05, 0.1) is 5.56 Å². The quantitative estimate of drug-likeness (QED) is 0.859. The summed E-state index contributed by atoms with van der Waals surface area (Å²) >= 11 is 0. The van der Waals surface area contributed by atoms with Crippen molar-refractivity contribution in [2.45, 2.75) is 45.6 Å². The zero-order chi connectivity index (χ0) is 14.5. The monoisotopic (exact) mass is 275 g/mol. The number of rotatable bonds is 4. The minimum absolute atomic E-state index is 0.0809. The zero-order valence-electron chi connectivity index (χ0n) is 12.5. The highest BCUT2D eigenvalue weighted by Crippen LogP contribution is 2.31. The molecule has 1 aliphatic rings. The summed E-state index contributed by atoms with van der Waals surface area (Å²) in [6, 6.07) is 7.58. The van der Waals surface area contributed by atoms with E-state index in [1.165, 1.54) is 0 Å². The lowest BCUT2D eigenvalue weighted by Gasteiger charge is -2.31. The van der Waals surface area contributed by atoms with Crippen molar-refractivity contribution in [1.29, 1.82) is 0 Å². The van der Waals surface area contributed by atoms with Gasteiger partial charge in [0.2, 0.25) is 0 Å². The largest absolute Gasteiger partial charge is 0.459 e. The molecule has 20 heavy (non-hydrogen) atoms. The predicted octanol–water partition coefficient (Wildman–Crippen LogP) is 3.17. The van der Waals surface area contributed by atoms with E-state index in [1.54, 1.807) is 0 Å². The van der Waals surface area contributed by atoms with Crippen LogP contribution in [0.15, 0.2) is 24.3 Å². The van der Waals surface area contributed by atoms with Gasteiger partial charge in [0.25, 0.3) is 0 Å². The Bertz CT molecular complexity index is 441. The first kappa shape index (κ1) is 15.0. The maximum atomic E-state index is 12.1. The van der Waals surface area contributed by atoms with Gasteiger partial charge in [-0.3, -0.25) is 0 Å². The summed E-state index contributed by atoms with van der Waals surface area (Å²) in [5.74, 6) is 1.17. The van der Waals surface area contributed by atoms with Crippen molar-refractivity contribution in [3.63, 3.8) is 0 Å². The molecule has 1 aromatic carbocycles. The molecule has 3 heteroatoms. The molecule has 0 radical (unpaired) electrons. The van der Waals surface area contributed by atoms with Crippen LogP contribution in [-0.2, 0) is 11.2 Å². The Hall–Kier alpha value is -1.35. The average molecular weight is 275 g/mol. The highest BCUT2D eigenvalue weighted by atomic mass is 16.5. The third-order valence-corrected chi connectivity index (χ3v) is 4.45. The molecule has 0 aromatic heterocycles. The van der Waals surface area contributed by atoms with Crippen molar-refractivity contribution in [3.05, 3.63) is 35.4 Å². The molecule has 1 saturated carbocycles. The van der Waals surface area contributed by atoms with Crippen LogP contribution in [0.4, 0.5) is 0 Å². The maximum absolute atomic E-state index is 12.1. The van der Waals surface area contributed by atoms with Gasteiger partial charge in [-0.15, -0.1) is 0 Å². The number of nitrogens with two attached hydrogens (primary N) is 1. The van der Waals surface area contributed by atoms with Crippen LogP contribution in [-0.4, -0.2) is 18.6 Å². The molecule has 3 unspecified atom stereocenters. The Kier molecular flexibility index (Phi) is 5.18. The van der Waals surface area contributed by atoms with E-state index in [0.717, 1.165) is 37.2 Å². The molecule has 0 heterocycles. The molecule has 0 bridgehead atoms. The van der Waals surface area contributed by atoms with Gasteiger partial charge in [0, 0.05) is 0 Å². The third kappa shape index (κ3) is 3.83. The van der Waals surface area contributed by atoms with Gasteiger partial charge in [-0.05, 0) is 61.8 Å². The number of esters is 1. The van der Waals surface area contributed by atoms with E-state index in [4.69, 9.17) is 10.5 Å². The molecule has 0 saturated heterocycles. The molecule has 2 rings (SSSR count). The Labute approximate surface area is 121 Å². The normalized spacial score (nSPS) is 26.2. The molecule has 2 N–H and O–H groups in total. The smallest absolute Gasteiger partial charge is 0.338 e. The van der Waals surface area contributed by atoms with Crippen LogP contribution in [0.3, 0.4) is 0 Å². The Balaban J connectivity index is 1.91. The molecule has 110 valence electrons. The molecule has 0 spiro atoms. The van der Waals surface area contributed by atoms with Crippen molar-refractivity contribution in [2.24, 2.45) is 17.6 Å². The molecule has 3 atom stereocenters. The summed E-state index contributed by atoms with van der Waals surface area (Å²) in [6.45, 7) is 5.15. The fraction of sp³-hybridized carbons (Fsp3) is 0.588. The molecule has 1 aromatic rings. The van der Waals surface area contributed by atoms with Crippen molar-refractivity contribution in [1.82, 2.24) is 0 Å². The van der Waals surface area contributed by atoms with E-state index in [1.807, 2.05) is 24.3 Å². The summed E-state index contributed by atoms with van der Waals surface area (Å²) in [5, 5.41) is 0. The lowest BCUT2D eigenvalue weighted by molar-refractivity contribution is 0.00879. The number of carbonyl (C=O) groups excluding carboxylic acids is 1. The van der Waals surface area contributed by atoms with Gasteiger partial charge in [-0.25, -0.2) is 4.79 Å². The molecule has 1 fully saturated rings. The van der Waals surface area contributed by atoms with E-state index in [0.29, 0.717) is 18.0 Å². The van der Waals surface area contributed by atoms with E-state index >= 15 is 0 Å². The van der Waals surface area contributed by atoms with Crippen molar-refractivity contribution < 1.29 is 9.53 Å². The average Bonchev–Trinajstić information content (AvgIpc) is 2.44. The van der Waals surface area contributed by atoms with Crippen LogP contribution in [0.1, 0.15) is 49.0 Å². The van der Waals surface area contributed by atoms with Gasteiger partial charge in [-0.1, -0.05) is 26.0 Å². The lowest BCUT2D eigenvalue weighted by Crippen LogP contribution is -2.28. The van der Waals surface area contributed by atoms with E-state index in [9.17, 15) is 4.79 Å². The highest BCUT2D eigenvalue weighted by molar-refractivity contribution is 5.89. The molecule has 0 amide bonds. The second kappa shape index (κ2) is 6.89. The van der Waals surface area contributed by atoms with Crippen LogP contribution >= 0.6 is 0 Å². The lowest BCUT2D eigenvalue weighted by atomic mass is 9.80. The number of carbonyl (C=O) groups is 1. The molecular weight excluding hydrogens is 250 g/mol. The van der Waals surface area contributed by atoms with Crippen molar-refractivity contribution in [3.8, 4) is 0 Å². The van der Waals surface area contributed by atoms with Crippen LogP contribution in [0.5, 0.6) is 0 Å². The topological polar surface area (TPSA) is 52.3 Å². The van der Waals surface area contributed by atoms with E-state index < -0.39 is 0 Å². The SMILES string of the molecule is CC1CCC(OC(=O)c2ccc(CCN)cc2)CC1C. The van der Waals surface area contributed by atoms with Crippen LogP contribution in [0, 0.1) is 11.8 Å². The van der Waals surface area contributed by atoms with Crippen LogP contribution in [0.25, 0.3) is 0 Å². The van der Waals surface area contributed by atoms with Crippen LogP contribution in [0.2, 0.25) is 0 Å². The van der Waals surface area contributed by atoms with Gasteiger partial charge in [0.1, 0.15) is 6.10 Å². The first-order chi connectivity index (χ1) is 9.60. The minimum atomic E-state index is -0.198. The van der Waals surface area contributed by atoms with Gasteiger partial charge in [-0.2, -0.15) is 0 Å².